The first-order valence-electron chi connectivity index (χ1n) is 5.30. The van der Waals surface area contributed by atoms with E-state index in [1.54, 1.807) is 6.92 Å². The summed E-state index contributed by atoms with van der Waals surface area (Å²) in [6, 6.07) is 0. The largest absolute Gasteiger partial charge is 0.461 e. The number of aromatic nitrogens is 1. The molecule has 1 aliphatic rings. The van der Waals surface area contributed by atoms with E-state index in [1.807, 2.05) is 0 Å². The third-order valence-electron chi connectivity index (χ3n) is 2.71. The molecule has 15 heavy (non-hydrogen) atoms. The second-order valence-corrected chi connectivity index (χ2v) is 3.70. The quantitative estimate of drug-likeness (QED) is 0.762. The van der Waals surface area contributed by atoms with Gasteiger partial charge in [0.25, 0.3) is 0 Å². The van der Waals surface area contributed by atoms with E-state index in [9.17, 15) is 9.18 Å². The number of esters is 1. The third-order valence-corrected chi connectivity index (χ3v) is 2.71. The second kappa shape index (κ2) is 4.04. The third kappa shape index (κ3) is 1.76. The summed E-state index contributed by atoms with van der Waals surface area (Å²) in [6.07, 6.45) is 3.59. The Labute approximate surface area is 87.6 Å². The van der Waals surface area contributed by atoms with E-state index in [2.05, 4.69) is 4.98 Å². The first-order chi connectivity index (χ1) is 7.24. The molecule has 0 aromatic carbocycles. The highest BCUT2D eigenvalue weighted by molar-refractivity contribution is 5.88. The van der Waals surface area contributed by atoms with Gasteiger partial charge in [-0.3, -0.25) is 0 Å². The molecule has 0 saturated heterocycles. The normalized spacial score (nSPS) is 14.8. The number of nitrogens with one attached hydrogen (secondary N) is 1. The van der Waals surface area contributed by atoms with Crippen molar-refractivity contribution in [2.75, 3.05) is 6.61 Å². The molecule has 0 atom stereocenters. The number of hydrogen-bond acceptors (Lipinski definition) is 2. The fourth-order valence-electron chi connectivity index (χ4n) is 1.99. The van der Waals surface area contributed by atoms with E-state index in [0.29, 0.717) is 5.56 Å². The van der Waals surface area contributed by atoms with Crippen LogP contribution in [-0.2, 0) is 17.6 Å². The van der Waals surface area contributed by atoms with Gasteiger partial charge in [0, 0.05) is 11.3 Å². The molecule has 0 fully saturated rings. The molecule has 2 rings (SSSR count). The predicted molar refractivity (Wildman–Crippen MR) is 53.3 cm³/mol. The van der Waals surface area contributed by atoms with Crippen molar-refractivity contribution >= 4 is 5.97 Å². The van der Waals surface area contributed by atoms with Crippen LogP contribution in [0.1, 0.15) is 41.5 Å². The lowest BCUT2D eigenvalue weighted by atomic mass is 9.98. The predicted octanol–water partition coefficient (Wildman–Crippen LogP) is 2.21. The Morgan fingerprint density at radius 2 is 2.20 bits per heavy atom. The molecule has 0 spiro atoms. The van der Waals surface area contributed by atoms with Gasteiger partial charge in [-0.15, -0.1) is 0 Å². The molecule has 1 aromatic rings. The minimum Gasteiger partial charge on any atom is -0.461 e. The zero-order valence-electron chi connectivity index (χ0n) is 8.73. The van der Waals surface area contributed by atoms with E-state index in [-0.39, 0.29) is 12.3 Å². The lowest BCUT2D eigenvalue weighted by Gasteiger charge is -2.09. The number of fused-ring (bicyclic) bond motifs is 1. The van der Waals surface area contributed by atoms with Crippen LogP contribution in [-0.4, -0.2) is 17.6 Å². The van der Waals surface area contributed by atoms with Crippen LogP contribution in [0, 0.1) is 5.82 Å². The summed E-state index contributed by atoms with van der Waals surface area (Å²) in [6.45, 7) is 1.97. The Morgan fingerprint density at radius 3 is 2.87 bits per heavy atom. The van der Waals surface area contributed by atoms with Gasteiger partial charge in [-0.05, 0) is 32.6 Å². The van der Waals surface area contributed by atoms with Gasteiger partial charge in [0.15, 0.2) is 11.5 Å². The molecule has 1 N–H and O–H groups in total. The van der Waals surface area contributed by atoms with Gasteiger partial charge in [0.2, 0.25) is 0 Å². The van der Waals surface area contributed by atoms with Crippen molar-refractivity contribution in [2.24, 2.45) is 0 Å². The highest BCUT2D eigenvalue weighted by atomic mass is 19.1. The minimum atomic E-state index is -0.593. The van der Waals surface area contributed by atoms with Gasteiger partial charge in [-0.1, -0.05) is 0 Å². The lowest BCUT2D eigenvalue weighted by molar-refractivity contribution is 0.0514. The van der Waals surface area contributed by atoms with Crippen molar-refractivity contribution in [1.29, 1.82) is 0 Å². The summed E-state index contributed by atoms with van der Waals surface area (Å²) in [5.41, 5.74) is 1.52. The summed E-state index contributed by atoms with van der Waals surface area (Å²) in [7, 11) is 0. The SMILES string of the molecule is CCOC(=O)c1[nH]c2c(c1F)CCCC2. The van der Waals surface area contributed by atoms with E-state index in [1.165, 1.54) is 0 Å². The summed E-state index contributed by atoms with van der Waals surface area (Å²) in [5, 5.41) is 0. The average molecular weight is 211 g/mol. The summed E-state index contributed by atoms with van der Waals surface area (Å²) in [4.78, 5) is 14.2. The van der Waals surface area contributed by atoms with Crippen LogP contribution < -0.4 is 0 Å². The zero-order valence-corrected chi connectivity index (χ0v) is 8.73. The lowest BCUT2D eigenvalue weighted by Crippen LogP contribution is -2.07. The maximum absolute atomic E-state index is 13.8. The van der Waals surface area contributed by atoms with Crippen LogP contribution in [0.25, 0.3) is 0 Å². The van der Waals surface area contributed by atoms with E-state index < -0.39 is 11.8 Å². The van der Waals surface area contributed by atoms with Crippen molar-refractivity contribution in [1.82, 2.24) is 4.98 Å². The van der Waals surface area contributed by atoms with E-state index >= 15 is 0 Å². The van der Waals surface area contributed by atoms with Crippen LogP contribution >= 0.6 is 0 Å². The van der Waals surface area contributed by atoms with Crippen molar-refractivity contribution in [2.45, 2.75) is 32.6 Å². The van der Waals surface area contributed by atoms with Crippen LogP contribution in [0.4, 0.5) is 4.39 Å². The maximum atomic E-state index is 13.8. The highest BCUT2D eigenvalue weighted by Crippen LogP contribution is 2.25. The molecule has 82 valence electrons. The molecule has 1 aromatic heterocycles. The Hall–Kier alpha value is -1.32. The monoisotopic (exact) mass is 211 g/mol. The van der Waals surface area contributed by atoms with Gasteiger partial charge >= 0.3 is 5.97 Å². The van der Waals surface area contributed by atoms with Crippen molar-refractivity contribution < 1.29 is 13.9 Å². The number of aromatic amines is 1. The number of H-pyrrole nitrogens is 1. The minimum absolute atomic E-state index is 0.0104. The number of carbonyl (C=O) groups is 1. The number of ether oxygens (including phenoxy) is 1. The molecular formula is C11H14FNO2. The Kier molecular flexibility index (Phi) is 2.75. The van der Waals surface area contributed by atoms with Gasteiger partial charge < -0.3 is 9.72 Å². The summed E-state index contributed by atoms with van der Waals surface area (Å²) < 4.78 is 18.5. The van der Waals surface area contributed by atoms with Crippen LogP contribution in [0.2, 0.25) is 0 Å². The van der Waals surface area contributed by atoms with Gasteiger partial charge in [0.1, 0.15) is 0 Å². The summed E-state index contributed by atoms with van der Waals surface area (Å²) in [5.74, 6) is -1.01. The van der Waals surface area contributed by atoms with Gasteiger partial charge in [0.05, 0.1) is 6.61 Å². The fraction of sp³-hybridized carbons (Fsp3) is 0.545. The zero-order chi connectivity index (χ0) is 10.8. The Balaban J connectivity index is 2.32. The van der Waals surface area contributed by atoms with E-state index in [0.717, 1.165) is 31.4 Å². The molecular weight excluding hydrogens is 197 g/mol. The number of carbonyl (C=O) groups excluding carboxylic acids is 1. The van der Waals surface area contributed by atoms with Gasteiger partial charge in [-0.25, -0.2) is 9.18 Å². The molecule has 0 saturated carbocycles. The average Bonchev–Trinajstić information content (AvgIpc) is 2.57. The number of hydrogen-bond donors (Lipinski definition) is 1. The standard InChI is InChI=1S/C11H14FNO2/c1-2-15-11(14)10-9(12)7-5-3-4-6-8(7)13-10/h13H,2-6H2,1H3. The van der Waals surface area contributed by atoms with Crippen LogP contribution in [0.15, 0.2) is 0 Å². The highest BCUT2D eigenvalue weighted by Gasteiger charge is 2.24. The molecule has 1 aliphatic carbocycles. The van der Waals surface area contributed by atoms with Crippen LogP contribution in [0.3, 0.4) is 0 Å². The number of rotatable bonds is 2. The molecule has 4 heteroatoms. The maximum Gasteiger partial charge on any atom is 0.357 e. The van der Waals surface area contributed by atoms with E-state index in [4.69, 9.17) is 4.74 Å². The summed E-state index contributed by atoms with van der Waals surface area (Å²) >= 11 is 0. The molecule has 1 heterocycles. The first-order valence-corrected chi connectivity index (χ1v) is 5.30. The topological polar surface area (TPSA) is 42.1 Å². The number of halogens is 1. The van der Waals surface area contributed by atoms with Crippen molar-refractivity contribution in [3.05, 3.63) is 22.8 Å². The number of aryl methyl sites for hydroxylation is 1. The molecule has 0 unspecified atom stereocenters. The fourth-order valence-corrected chi connectivity index (χ4v) is 1.99. The first kappa shape index (κ1) is 10.2. The van der Waals surface area contributed by atoms with Gasteiger partial charge in [-0.2, -0.15) is 0 Å². The smallest absolute Gasteiger partial charge is 0.357 e. The molecule has 0 amide bonds. The Morgan fingerprint density at radius 1 is 1.47 bits per heavy atom. The molecule has 0 aliphatic heterocycles. The molecule has 0 bridgehead atoms. The van der Waals surface area contributed by atoms with Crippen molar-refractivity contribution in [3.63, 3.8) is 0 Å². The van der Waals surface area contributed by atoms with Crippen molar-refractivity contribution in [3.8, 4) is 0 Å². The van der Waals surface area contributed by atoms with Crippen LogP contribution in [0.5, 0.6) is 0 Å². The molecule has 3 nitrogen and oxygen atoms in total. The molecule has 0 radical (unpaired) electrons. The Bertz CT molecular complexity index is 384. The second-order valence-electron chi connectivity index (χ2n) is 3.70.